The molecule has 2 aromatic carbocycles. The van der Waals surface area contributed by atoms with Crippen LogP contribution in [0.5, 0.6) is 0 Å². The first-order valence-electron chi connectivity index (χ1n) is 14.4. The van der Waals surface area contributed by atoms with Gasteiger partial charge in [-0.3, -0.25) is 4.79 Å². The minimum atomic E-state index is -0.509. The SMILES string of the molecule is CC(C)(C)OC(=O)N1CCC(C(=O)N(CCCN2CCC(Cc3ccccc3)CC2)c2ccccc2)CC1. The van der Waals surface area contributed by atoms with Gasteiger partial charge >= 0.3 is 6.09 Å². The van der Waals surface area contributed by atoms with Gasteiger partial charge in [-0.05, 0) is 103 Å². The summed E-state index contributed by atoms with van der Waals surface area (Å²) in [4.78, 5) is 32.4. The lowest BCUT2D eigenvalue weighted by Crippen LogP contribution is -2.46. The maximum absolute atomic E-state index is 13.7. The average molecular weight is 520 g/mol. The summed E-state index contributed by atoms with van der Waals surface area (Å²) >= 11 is 0. The molecule has 0 unspecified atom stereocenters. The second kappa shape index (κ2) is 13.3. The minimum Gasteiger partial charge on any atom is -0.444 e. The van der Waals surface area contributed by atoms with E-state index in [1.165, 1.54) is 24.8 Å². The summed E-state index contributed by atoms with van der Waals surface area (Å²) in [7, 11) is 0. The lowest BCUT2D eigenvalue weighted by atomic mass is 9.90. The number of nitrogens with zero attached hydrogens (tertiary/aromatic N) is 3. The van der Waals surface area contributed by atoms with Crippen molar-refractivity contribution in [2.24, 2.45) is 11.8 Å². The zero-order chi connectivity index (χ0) is 27.0. The Morgan fingerprint density at radius 3 is 2.08 bits per heavy atom. The molecular weight excluding hydrogens is 474 g/mol. The molecule has 6 heteroatoms. The third kappa shape index (κ3) is 8.32. The van der Waals surface area contributed by atoms with E-state index < -0.39 is 5.60 Å². The molecule has 2 aliphatic heterocycles. The van der Waals surface area contributed by atoms with E-state index in [0.717, 1.165) is 44.2 Å². The van der Waals surface area contributed by atoms with Gasteiger partial charge in [0.1, 0.15) is 5.60 Å². The molecule has 2 amide bonds. The van der Waals surface area contributed by atoms with Gasteiger partial charge in [-0.1, -0.05) is 48.5 Å². The van der Waals surface area contributed by atoms with Crippen LogP contribution in [0.3, 0.4) is 0 Å². The Morgan fingerprint density at radius 1 is 0.868 bits per heavy atom. The van der Waals surface area contributed by atoms with Crippen LogP contribution in [0.4, 0.5) is 10.5 Å². The smallest absolute Gasteiger partial charge is 0.410 e. The van der Waals surface area contributed by atoms with Crippen LogP contribution in [0.1, 0.15) is 58.4 Å². The van der Waals surface area contributed by atoms with Gasteiger partial charge in [0, 0.05) is 31.2 Å². The molecule has 0 N–H and O–H groups in total. The van der Waals surface area contributed by atoms with Crippen LogP contribution in [0, 0.1) is 11.8 Å². The molecule has 2 heterocycles. The van der Waals surface area contributed by atoms with Crippen molar-refractivity contribution >= 4 is 17.7 Å². The molecule has 6 nitrogen and oxygen atoms in total. The fraction of sp³-hybridized carbons (Fsp3) is 0.562. The molecule has 0 aromatic heterocycles. The number of rotatable bonds is 8. The lowest BCUT2D eigenvalue weighted by molar-refractivity contribution is -0.123. The van der Waals surface area contributed by atoms with Gasteiger partial charge in [-0.25, -0.2) is 4.79 Å². The molecule has 2 aromatic rings. The number of carbonyl (C=O) groups is 2. The Bertz CT molecular complexity index is 1010. The van der Waals surface area contributed by atoms with E-state index in [0.29, 0.717) is 25.9 Å². The highest BCUT2D eigenvalue weighted by Crippen LogP contribution is 2.26. The van der Waals surface area contributed by atoms with Crippen LogP contribution in [0.15, 0.2) is 60.7 Å². The summed E-state index contributed by atoms with van der Waals surface area (Å²) < 4.78 is 5.52. The maximum Gasteiger partial charge on any atom is 0.410 e. The van der Waals surface area contributed by atoms with E-state index in [4.69, 9.17) is 4.74 Å². The number of hydrogen-bond donors (Lipinski definition) is 0. The van der Waals surface area contributed by atoms with Crippen molar-refractivity contribution in [1.82, 2.24) is 9.80 Å². The van der Waals surface area contributed by atoms with Gasteiger partial charge in [-0.2, -0.15) is 0 Å². The number of para-hydroxylation sites is 1. The van der Waals surface area contributed by atoms with E-state index >= 15 is 0 Å². The zero-order valence-corrected chi connectivity index (χ0v) is 23.5. The Morgan fingerprint density at radius 2 is 1.47 bits per heavy atom. The van der Waals surface area contributed by atoms with Gasteiger partial charge in [0.15, 0.2) is 0 Å². The predicted octanol–water partition coefficient (Wildman–Crippen LogP) is 6.01. The fourth-order valence-corrected chi connectivity index (χ4v) is 5.64. The van der Waals surface area contributed by atoms with E-state index in [1.807, 2.05) is 56.0 Å². The number of carbonyl (C=O) groups excluding carboxylic acids is 2. The number of anilines is 1. The first kappa shape index (κ1) is 28.2. The molecule has 0 aliphatic carbocycles. The third-order valence-electron chi connectivity index (χ3n) is 7.76. The zero-order valence-electron chi connectivity index (χ0n) is 23.5. The second-order valence-corrected chi connectivity index (χ2v) is 11.9. The van der Waals surface area contributed by atoms with Crippen LogP contribution in [-0.4, -0.2) is 66.7 Å². The van der Waals surface area contributed by atoms with Crippen LogP contribution >= 0.6 is 0 Å². The van der Waals surface area contributed by atoms with E-state index in [-0.39, 0.29) is 17.9 Å². The van der Waals surface area contributed by atoms with Crippen molar-refractivity contribution in [3.05, 3.63) is 66.2 Å². The molecule has 2 aliphatic rings. The summed E-state index contributed by atoms with van der Waals surface area (Å²) in [5.74, 6) is 0.881. The molecule has 0 bridgehead atoms. The summed E-state index contributed by atoms with van der Waals surface area (Å²) in [6.07, 6.45) is 5.69. The van der Waals surface area contributed by atoms with Crippen molar-refractivity contribution in [3.8, 4) is 0 Å². The topological polar surface area (TPSA) is 53.1 Å². The lowest BCUT2D eigenvalue weighted by Gasteiger charge is -2.36. The van der Waals surface area contributed by atoms with Crippen molar-refractivity contribution in [1.29, 1.82) is 0 Å². The number of benzene rings is 2. The van der Waals surface area contributed by atoms with Gasteiger partial charge in [0.05, 0.1) is 0 Å². The van der Waals surface area contributed by atoms with Crippen molar-refractivity contribution in [2.45, 2.75) is 64.9 Å². The number of piperidine rings is 2. The molecule has 2 fully saturated rings. The number of ether oxygens (including phenoxy) is 1. The van der Waals surface area contributed by atoms with Gasteiger partial charge in [0.25, 0.3) is 0 Å². The van der Waals surface area contributed by atoms with Crippen LogP contribution in [-0.2, 0) is 16.0 Å². The Hall–Kier alpha value is -2.86. The molecule has 0 saturated carbocycles. The summed E-state index contributed by atoms with van der Waals surface area (Å²) in [6, 6.07) is 20.9. The maximum atomic E-state index is 13.7. The van der Waals surface area contributed by atoms with E-state index in [2.05, 4.69) is 35.2 Å². The number of hydrogen-bond acceptors (Lipinski definition) is 4. The van der Waals surface area contributed by atoms with Crippen molar-refractivity contribution in [2.75, 3.05) is 44.2 Å². The highest BCUT2D eigenvalue weighted by atomic mass is 16.6. The number of amides is 2. The summed E-state index contributed by atoms with van der Waals surface area (Å²) in [5.41, 5.74) is 1.90. The van der Waals surface area contributed by atoms with Crippen molar-refractivity contribution in [3.63, 3.8) is 0 Å². The molecular formula is C32H45N3O3. The standard InChI is InChI=1S/C32H45N3O3/c1-32(2,3)38-31(37)34-23-17-28(18-24-34)30(36)35(29-13-8-5-9-14-29)20-10-19-33-21-15-27(16-22-33)25-26-11-6-4-7-12-26/h4-9,11-14,27-28H,10,15-25H2,1-3H3. The van der Waals surface area contributed by atoms with Crippen molar-refractivity contribution < 1.29 is 14.3 Å². The first-order chi connectivity index (χ1) is 18.3. The van der Waals surface area contributed by atoms with Crippen LogP contribution < -0.4 is 4.90 Å². The van der Waals surface area contributed by atoms with Gasteiger partial charge in [0.2, 0.25) is 5.91 Å². The Balaban J connectivity index is 1.26. The van der Waals surface area contributed by atoms with Gasteiger partial charge in [-0.15, -0.1) is 0 Å². The van der Waals surface area contributed by atoms with E-state index in [1.54, 1.807) is 4.90 Å². The van der Waals surface area contributed by atoms with E-state index in [9.17, 15) is 9.59 Å². The Labute approximate surface area is 228 Å². The average Bonchev–Trinajstić information content (AvgIpc) is 2.92. The molecule has 0 atom stereocenters. The second-order valence-electron chi connectivity index (χ2n) is 11.9. The number of likely N-dealkylation sites (tertiary alicyclic amines) is 2. The summed E-state index contributed by atoms with van der Waals surface area (Å²) in [5, 5.41) is 0. The molecule has 4 rings (SSSR count). The fourth-order valence-electron chi connectivity index (χ4n) is 5.64. The Kier molecular flexibility index (Phi) is 9.84. The van der Waals surface area contributed by atoms with Crippen LogP contribution in [0.25, 0.3) is 0 Å². The molecule has 0 spiro atoms. The third-order valence-corrected chi connectivity index (χ3v) is 7.76. The quantitative estimate of drug-likeness (QED) is 0.429. The molecule has 206 valence electrons. The minimum absolute atomic E-state index is 0.0670. The van der Waals surface area contributed by atoms with Gasteiger partial charge < -0.3 is 19.4 Å². The highest BCUT2D eigenvalue weighted by Gasteiger charge is 2.32. The predicted molar refractivity (Wildman–Crippen MR) is 153 cm³/mol. The van der Waals surface area contributed by atoms with Crippen LogP contribution in [0.2, 0.25) is 0 Å². The monoisotopic (exact) mass is 519 g/mol. The summed E-state index contributed by atoms with van der Waals surface area (Å²) in [6.45, 7) is 10.8. The normalized spacial score (nSPS) is 17.8. The first-order valence-corrected chi connectivity index (χ1v) is 14.4. The largest absolute Gasteiger partial charge is 0.444 e. The molecule has 38 heavy (non-hydrogen) atoms. The molecule has 0 radical (unpaired) electrons. The highest BCUT2D eigenvalue weighted by molar-refractivity contribution is 5.95. The molecule has 2 saturated heterocycles.